The Kier molecular flexibility index (Phi) is 3.30. The smallest absolute Gasteiger partial charge is 0.354 e. The molecule has 0 bridgehead atoms. The standard InChI is InChI=1S/C10H14F2N2O2/c1-10(2,3)5-14-7(9(15)16)4-6(13-14)8(11)12/h4,8H,5H2,1-3H3,(H,15,16). The highest BCUT2D eigenvalue weighted by Gasteiger charge is 2.22. The summed E-state index contributed by atoms with van der Waals surface area (Å²) in [6, 6.07) is 0.915. The van der Waals surface area contributed by atoms with E-state index in [4.69, 9.17) is 5.11 Å². The van der Waals surface area contributed by atoms with Gasteiger partial charge < -0.3 is 5.11 Å². The maximum atomic E-state index is 12.4. The molecule has 0 radical (unpaired) electrons. The number of halogens is 2. The number of aromatic nitrogens is 2. The summed E-state index contributed by atoms with van der Waals surface area (Å²) in [5.41, 5.74) is -0.929. The Labute approximate surface area is 91.9 Å². The number of hydrogen-bond donors (Lipinski definition) is 1. The van der Waals surface area contributed by atoms with E-state index in [1.54, 1.807) is 0 Å². The predicted molar refractivity (Wildman–Crippen MR) is 53.6 cm³/mol. The highest BCUT2D eigenvalue weighted by atomic mass is 19.3. The zero-order chi connectivity index (χ0) is 12.5. The van der Waals surface area contributed by atoms with E-state index in [2.05, 4.69) is 5.10 Å². The summed E-state index contributed by atoms with van der Waals surface area (Å²) in [6.07, 6.45) is -2.75. The maximum Gasteiger partial charge on any atom is 0.354 e. The van der Waals surface area contributed by atoms with Gasteiger partial charge in [0.2, 0.25) is 0 Å². The van der Waals surface area contributed by atoms with E-state index in [0.29, 0.717) is 0 Å². The Bertz CT molecular complexity index is 394. The number of carboxylic acid groups (broad SMARTS) is 1. The van der Waals surface area contributed by atoms with Gasteiger partial charge in [0.25, 0.3) is 6.43 Å². The summed E-state index contributed by atoms with van der Waals surface area (Å²) < 4.78 is 25.9. The summed E-state index contributed by atoms with van der Waals surface area (Å²) in [7, 11) is 0. The molecule has 0 saturated heterocycles. The first-order valence-electron chi connectivity index (χ1n) is 4.80. The second-order valence-corrected chi connectivity index (χ2v) is 4.78. The molecule has 0 fully saturated rings. The lowest BCUT2D eigenvalue weighted by Gasteiger charge is -2.18. The maximum absolute atomic E-state index is 12.4. The fourth-order valence-electron chi connectivity index (χ4n) is 1.29. The second-order valence-electron chi connectivity index (χ2n) is 4.78. The summed E-state index contributed by atoms with van der Waals surface area (Å²) in [5, 5.41) is 12.5. The third-order valence-corrected chi connectivity index (χ3v) is 1.87. The Balaban J connectivity index is 3.10. The zero-order valence-electron chi connectivity index (χ0n) is 9.37. The highest BCUT2D eigenvalue weighted by Crippen LogP contribution is 2.22. The molecule has 0 amide bonds. The minimum Gasteiger partial charge on any atom is -0.477 e. The van der Waals surface area contributed by atoms with Gasteiger partial charge in [0, 0.05) is 6.54 Å². The molecule has 1 aromatic rings. The molecular formula is C10H14F2N2O2. The minimum atomic E-state index is -2.75. The van der Waals surface area contributed by atoms with E-state index in [1.165, 1.54) is 0 Å². The van der Waals surface area contributed by atoms with E-state index >= 15 is 0 Å². The lowest BCUT2D eigenvalue weighted by atomic mass is 9.97. The summed E-state index contributed by atoms with van der Waals surface area (Å²) in [4.78, 5) is 10.8. The van der Waals surface area contributed by atoms with Crippen molar-refractivity contribution in [2.45, 2.75) is 33.7 Å². The van der Waals surface area contributed by atoms with Crippen LogP contribution in [0.4, 0.5) is 8.78 Å². The van der Waals surface area contributed by atoms with Crippen molar-refractivity contribution in [1.29, 1.82) is 0 Å². The van der Waals surface area contributed by atoms with Crippen molar-refractivity contribution in [1.82, 2.24) is 9.78 Å². The van der Waals surface area contributed by atoms with E-state index in [1.807, 2.05) is 20.8 Å². The van der Waals surface area contributed by atoms with Gasteiger partial charge in [0.1, 0.15) is 11.4 Å². The molecular weight excluding hydrogens is 218 g/mol. The number of aromatic carboxylic acids is 1. The molecule has 0 saturated carbocycles. The van der Waals surface area contributed by atoms with Crippen LogP contribution in [-0.2, 0) is 6.54 Å². The quantitative estimate of drug-likeness (QED) is 0.871. The van der Waals surface area contributed by atoms with Crippen LogP contribution in [0.3, 0.4) is 0 Å². The average Bonchev–Trinajstić information content (AvgIpc) is 2.44. The Hall–Kier alpha value is -1.46. The third-order valence-electron chi connectivity index (χ3n) is 1.87. The molecule has 1 aromatic heterocycles. The van der Waals surface area contributed by atoms with Crippen LogP contribution in [0.15, 0.2) is 6.07 Å². The molecule has 0 aliphatic carbocycles. The van der Waals surface area contributed by atoms with Gasteiger partial charge in [-0.25, -0.2) is 13.6 Å². The first-order valence-corrected chi connectivity index (χ1v) is 4.80. The Morgan fingerprint density at radius 3 is 2.50 bits per heavy atom. The van der Waals surface area contributed by atoms with Crippen LogP contribution in [0.2, 0.25) is 0 Å². The molecule has 1 rings (SSSR count). The number of carbonyl (C=O) groups is 1. The van der Waals surface area contributed by atoms with Crippen molar-refractivity contribution in [3.8, 4) is 0 Å². The normalized spacial score (nSPS) is 12.1. The molecule has 0 aliphatic heterocycles. The molecule has 0 spiro atoms. The Morgan fingerprint density at radius 2 is 2.12 bits per heavy atom. The number of carboxylic acids is 1. The molecule has 0 aromatic carbocycles. The van der Waals surface area contributed by atoms with Gasteiger partial charge in [0.15, 0.2) is 0 Å². The van der Waals surface area contributed by atoms with Gasteiger partial charge in [0.05, 0.1) is 0 Å². The fourth-order valence-corrected chi connectivity index (χ4v) is 1.29. The van der Waals surface area contributed by atoms with Gasteiger partial charge in [-0.2, -0.15) is 5.10 Å². The van der Waals surface area contributed by atoms with Crippen LogP contribution in [0.5, 0.6) is 0 Å². The molecule has 0 atom stereocenters. The molecule has 90 valence electrons. The molecule has 0 aliphatic rings. The van der Waals surface area contributed by atoms with Crippen molar-refractivity contribution in [2.75, 3.05) is 0 Å². The summed E-state index contributed by atoms with van der Waals surface area (Å²) in [5.74, 6) is -1.25. The van der Waals surface area contributed by atoms with Crippen LogP contribution >= 0.6 is 0 Å². The lowest BCUT2D eigenvalue weighted by molar-refractivity contribution is 0.0680. The second kappa shape index (κ2) is 4.19. The van der Waals surface area contributed by atoms with E-state index in [9.17, 15) is 13.6 Å². The molecule has 16 heavy (non-hydrogen) atoms. The van der Waals surface area contributed by atoms with Gasteiger partial charge in [-0.1, -0.05) is 20.8 Å². The molecule has 1 N–H and O–H groups in total. The molecule has 0 unspecified atom stereocenters. The van der Waals surface area contributed by atoms with Crippen molar-refractivity contribution >= 4 is 5.97 Å². The van der Waals surface area contributed by atoms with E-state index in [-0.39, 0.29) is 17.7 Å². The first-order chi connectivity index (χ1) is 7.20. The van der Waals surface area contributed by atoms with Crippen molar-refractivity contribution < 1.29 is 18.7 Å². The first kappa shape index (κ1) is 12.6. The SMILES string of the molecule is CC(C)(C)Cn1nc(C(F)F)cc1C(=O)O. The van der Waals surface area contributed by atoms with Crippen molar-refractivity contribution in [2.24, 2.45) is 5.41 Å². The number of hydrogen-bond acceptors (Lipinski definition) is 2. The van der Waals surface area contributed by atoms with E-state index < -0.39 is 18.1 Å². The molecule has 1 heterocycles. The number of rotatable bonds is 3. The molecule has 4 nitrogen and oxygen atoms in total. The van der Waals surface area contributed by atoms with E-state index in [0.717, 1.165) is 10.7 Å². The van der Waals surface area contributed by atoms with Gasteiger partial charge in [-0.05, 0) is 11.5 Å². The highest BCUT2D eigenvalue weighted by molar-refractivity contribution is 5.85. The number of alkyl halides is 2. The van der Waals surface area contributed by atoms with Crippen LogP contribution in [0, 0.1) is 5.41 Å². The van der Waals surface area contributed by atoms with Crippen LogP contribution in [0.1, 0.15) is 43.4 Å². The zero-order valence-corrected chi connectivity index (χ0v) is 9.37. The summed E-state index contributed by atoms with van der Waals surface area (Å²) in [6.45, 7) is 5.91. The average molecular weight is 232 g/mol. The lowest BCUT2D eigenvalue weighted by Crippen LogP contribution is -2.20. The van der Waals surface area contributed by atoms with Crippen molar-refractivity contribution in [3.63, 3.8) is 0 Å². The molecule has 6 heteroatoms. The predicted octanol–water partition coefficient (Wildman–Crippen LogP) is 2.57. The fraction of sp³-hybridized carbons (Fsp3) is 0.600. The summed E-state index contributed by atoms with van der Waals surface area (Å²) >= 11 is 0. The number of nitrogens with zero attached hydrogens (tertiary/aromatic N) is 2. The van der Waals surface area contributed by atoms with Crippen molar-refractivity contribution in [3.05, 3.63) is 17.5 Å². The topological polar surface area (TPSA) is 55.1 Å². The minimum absolute atomic E-state index is 0.203. The monoisotopic (exact) mass is 232 g/mol. The third kappa shape index (κ3) is 3.01. The van der Waals surface area contributed by atoms with Gasteiger partial charge >= 0.3 is 5.97 Å². The van der Waals surface area contributed by atoms with Crippen LogP contribution in [-0.4, -0.2) is 20.9 Å². The largest absolute Gasteiger partial charge is 0.477 e. The van der Waals surface area contributed by atoms with Gasteiger partial charge in [-0.3, -0.25) is 4.68 Å². The van der Waals surface area contributed by atoms with Gasteiger partial charge in [-0.15, -0.1) is 0 Å². The van der Waals surface area contributed by atoms with Crippen LogP contribution < -0.4 is 0 Å². The Morgan fingerprint density at radius 1 is 1.56 bits per heavy atom. The van der Waals surface area contributed by atoms with Crippen LogP contribution in [0.25, 0.3) is 0 Å².